The minimum absolute atomic E-state index is 0.000125. The first-order valence-corrected chi connectivity index (χ1v) is 9.70. The molecule has 2 aliphatic heterocycles. The molecule has 2 aliphatic rings. The van der Waals surface area contributed by atoms with E-state index in [1.807, 2.05) is 29.2 Å². The molecule has 2 N–H and O–H groups in total. The molecule has 2 amide bonds. The van der Waals surface area contributed by atoms with Gasteiger partial charge in [0.1, 0.15) is 5.82 Å². The zero-order valence-electron chi connectivity index (χ0n) is 15.9. The van der Waals surface area contributed by atoms with E-state index in [9.17, 15) is 9.59 Å². The van der Waals surface area contributed by atoms with E-state index in [1.54, 1.807) is 0 Å². The molecule has 2 aromatic rings. The molecule has 7 heteroatoms. The molecule has 27 heavy (non-hydrogen) atoms. The highest BCUT2D eigenvalue weighted by Crippen LogP contribution is 2.30. The number of para-hydroxylation sites is 2. The molecule has 1 aromatic carbocycles. The fraction of sp³-hybridized carbons (Fsp3) is 0.550. The van der Waals surface area contributed by atoms with Crippen LogP contribution in [0.25, 0.3) is 11.0 Å². The lowest BCUT2D eigenvalue weighted by atomic mass is 9.98. The molecule has 0 spiro atoms. The fourth-order valence-corrected chi connectivity index (χ4v) is 4.20. The summed E-state index contributed by atoms with van der Waals surface area (Å²) in [4.78, 5) is 36.0. The standard InChI is InChI=1S/C20H27N5O2/c1-13(26)21-10-16-8-7-15(24(16)2)9-19(27)25-11-14(12-25)20-22-17-5-3-4-6-18(17)23-20/h3-6,14-16H,7-12H2,1-2H3,(H,21,26)(H,22,23)/t15-,16+/m0/s1. The van der Waals surface area contributed by atoms with Crippen molar-refractivity contribution >= 4 is 22.8 Å². The molecule has 2 fully saturated rings. The molecule has 7 nitrogen and oxygen atoms in total. The minimum atomic E-state index is 0.000125. The van der Waals surface area contributed by atoms with E-state index in [0.717, 1.165) is 42.8 Å². The maximum Gasteiger partial charge on any atom is 0.224 e. The number of imidazole rings is 1. The number of aromatic amines is 1. The van der Waals surface area contributed by atoms with Gasteiger partial charge in [0.15, 0.2) is 0 Å². The van der Waals surface area contributed by atoms with Gasteiger partial charge in [-0.05, 0) is 32.0 Å². The van der Waals surface area contributed by atoms with E-state index < -0.39 is 0 Å². The zero-order chi connectivity index (χ0) is 19.0. The number of nitrogens with zero attached hydrogens (tertiary/aromatic N) is 3. The van der Waals surface area contributed by atoms with Gasteiger partial charge in [-0.1, -0.05) is 12.1 Å². The number of hydrogen-bond acceptors (Lipinski definition) is 4. The summed E-state index contributed by atoms with van der Waals surface area (Å²) in [6, 6.07) is 8.61. The minimum Gasteiger partial charge on any atom is -0.355 e. The molecular formula is C20H27N5O2. The third-order valence-electron chi connectivity index (χ3n) is 6.01. The smallest absolute Gasteiger partial charge is 0.224 e. The summed E-state index contributed by atoms with van der Waals surface area (Å²) >= 11 is 0. The molecular weight excluding hydrogens is 342 g/mol. The SMILES string of the molecule is CC(=O)NC[C@H]1CC[C@@H](CC(=O)N2CC(c3nc4ccccc4[nH]3)C2)N1C. The van der Waals surface area contributed by atoms with Crippen molar-refractivity contribution in [2.45, 2.75) is 44.2 Å². The van der Waals surface area contributed by atoms with Gasteiger partial charge in [-0.15, -0.1) is 0 Å². The van der Waals surface area contributed by atoms with Gasteiger partial charge >= 0.3 is 0 Å². The van der Waals surface area contributed by atoms with Crippen LogP contribution in [0, 0.1) is 0 Å². The normalized spacial score (nSPS) is 23.6. The monoisotopic (exact) mass is 369 g/mol. The van der Waals surface area contributed by atoms with Gasteiger partial charge < -0.3 is 15.2 Å². The first kappa shape index (κ1) is 18.0. The lowest BCUT2D eigenvalue weighted by molar-refractivity contribution is -0.137. The first-order chi connectivity index (χ1) is 13.0. The summed E-state index contributed by atoms with van der Waals surface area (Å²) in [7, 11) is 2.06. The lowest BCUT2D eigenvalue weighted by Crippen LogP contribution is -2.50. The zero-order valence-corrected chi connectivity index (χ0v) is 15.9. The third kappa shape index (κ3) is 3.69. The molecule has 0 bridgehead atoms. The van der Waals surface area contributed by atoms with Crippen molar-refractivity contribution in [3.63, 3.8) is 0 Å². The van der Waals surface area contributed by atoms with Gasteiger partial charge in [0, 0.05) is 45.1 Å². The number of aromatic nitrogens is 2. The first-order valence-electron chi connectivity index (χ1n) is 9.70. The summed E-state index contributed by atoms with van der Waals surface area (Å²) in [6.07, 6.45) is 2.59. The molecule has 1 aromatic heterocycles. The summed E-state index contributed by atoms with van der Waals surface area (Å²) in [5, 5.41) is 2.89. The number of nitrogens with one attached hydrogen (secondary N) is 2. The Hall–Kier alpha value is -2.41. The van der Waals surface area contributed by atoms with E-state index in [1.165, 1.54) is 6.92 Å². The third-order valence-corrected chi connectivity index (χ3v) is 6.01. The van der Waals surface area contributed by atoms with E-state index in [4.69, 9.17) is 0 Å². The number of likely N-dealkylation sites (N-methyl/N-ethyl adjacent to an activating group) is 1. The van der Waals surface area contributed by atoms with Gasteiger partial charge in [-0.25, -0.2) is 4.98 Å². The number of carbonyl (C=O) groups excluding carboxylic acids is 2. The number of H-pyrrole nitrogens is 1. The van der Waals surface area contributed by atoms with E-state index >= 15 is 0 Å². The van der Waals surface area contributed by atoms with Crippen molar-refractivity contribution in [1.82, 2.24) is 25.1 Å². The predicted molar refractivity (Wildman–Crippen MR) is 103 cm³/mol. The molecule has 144 valence electrons. The van der Waals surface area contributed by atoms with E-state index in [2.05, 4.69) is 27.2 Å². The van der Waals surface area contributed by atoms with Crippen LogP contribution in [-0.4, -0.2) is 70.3 Å². The Morgan fingerprint density at radius 1 is 1.22 bits per heavy atom. The summed E-state index contributed by atoms with van der Waals surface area (Å²) < 4.78 is 0. The Labute approximate surface area is 159 Å². The van der Waals surface area contributed by atoms with Crippen molar-refractivity contribution in [2.24, 2.45) is 0 Å². The van der Waals surface area contributed by atoms with E-state index in [-0.39, 0.29) is 17.9 Å². The summed E-state index contributed by atoms with van der Waals surface area (Å²) in [5.74, 6) is 1.50. The largest absolute Gasteiger partial charge is 0.355 e. The van der Waals surface area contributed by atoms with Gasteiger partial charge in [0.2, 0.25) is 11.8 Å². The Balaban J connectivity index is 1.27. The van der Waals surface area contributed by atoms with Crippen molar-refractivity contribution < 1.29 is 9.59 Å². The van der Waals surface area contributed by atoms with Crippen molar-refractivity contribution in [2.75, 3.05) is 26.7 Å². The summed E-state index contributed by atoms with van der Waals surface area (Å²) in [5.41, 5.74) is 2.03. The van der Waals surface area contributed by atoms with Crippen LogP contribution >= 0.6 is 0 Å². The molecule has 0 aliphatic carbocycles. The second-order valence-corrected chi connectivity index (χ2v) is 7.83. The van der Waals surface area contributed by atoms with Gasteiger partial charge in [-0.2, -0.15) is 0 Å². The average Bonchev–Trinajstić information content (AvgIpc) is 3.16. The number of rotatable bonds is 5. The predicted octanol–water partition coefficient (Wildman–Crippen LogP) is 1.48. The second-order valence-electron chi connectivity index (χ2n) is 7.83. The van der Waals surface area contributed by atoms with Crippen molar-refractivity contribution in [3.8, 4) is 0 Å². The van der Waals surface area contributed by atoms with Crippen LogP contribution in [0.1, 0.15) is 37.9 Å². The number of likely N-dealkylation sites (tertiary alicyclic amines) is 2. The molecule has 0 radical (unpaired) electrons. The number of amides is 2. The van der Waals surface area contributed by atoms with Crippen LogP contribution in [-0.2, 0) is 9.59 Å². The Morgan fingerprint density at radius 2 is 1.96 bits per heavy atom. The molecule has 0 saturated carbocycles. The molecule has 2 atom stereocenters. The average molecular weight is 369 g/mol. The van der Waals surface area contributed by atoms with Crippen LogP contribution in [0.15, 0.2) is 24.3 Å². The van der Waals surface area contributed by atoms with Crippen molar-refractivity contribution in [1.29, 1.82) is 0 Å². The molecule has 4 rings (SSSR count). The number of benzene rings is 1. The highest BCUT2D eigenvalue weighted by atomic mass is 16.2. The second kappa shape index (κ2) is 7.31. The van der Waals surface area contributed by atoms with Gasteiger partial charge in [0.05, 0.1) is 17.0 Å². The number of fused-ring (bicyclic) bond motifs is 1. The van der Waals surface area contributed by atoms with Crippen LogP contribution in [0.4, 0.5) is 0 Å². The lowest BCUT2D eigenvalue weighted by Gasteiger charge is -2.39. The van der Waals surface area contributed by atoms with Gasteiger partial charge in [-0.3, -0.25) is 14.5 Å². The summed E-state index contributed by atoms with van der Waals surface area (Å²) in [6.45, 7) is 3.68. The molecule has 3 heterocycles. The number of hydrogen-bond donors (Lipinski definition) is 2. The van der Waals surface area contributed by atoms with Gasteiger partial charge in [0.25, 0.3) is 0 Å². The Kier molecular flexibility index (Phi) is 4.86. The fourth-order valence-electron chi connectivity index (χ4n) is 4.20. The molecule has 0 unspecified atom stereocenters. The van der Waals surface area contributed by atoms with Crippen LogP contribution < -0.4 is 5.32 Å². The van der Waals surface area contributed by atoms with E-state index in [0.29, 0.717) is 24.9 Å². The quantitative estimate of drug-likeness (QED) is 0.836. The Bertz CT molecular complexity index is 809. The van der Waals surface area contributed by atoms with Crippen LogP contribution in [0.2, 0.25) is 0 Å². The Morgan fingerprint density at radius 3 is 2.70 bits per heavy atom. The number of carbonyl (C=O) groups is 2. The van der Waals surface area contributed by atoms with Crippen LogP contribution in [0.3, 0.4) is 0 Å². The van der Waals surface area contributed by atoms with Crippen LogP contribution in [0.5, 0.6) is 0 Å². The highest BCUT2D eigenvalue weighted by molar-refractivity contribution is 5.78. The topological polar surface area (TPSA) is 81.3 Å². The highest BCUT2D eigenvalue weighted by Gasteiger charge is 2.37. The maximum atomic E-state index is 12.6. The maximum absolute atomic E-state index is 12.6. The molecule has 2 saturated heterocycles. The van der Waals surface area contributed by atoms with Crippen molar-refractivity contribution in [3.05, 3.63) is 30.1 Å².